The first-order chi connectivity index (χ1) is 9.22. The van der Waals surface area contributed by atoms with E-state index < -0.39 is 0 Å². The molecule has 3 heteroatoms. The van der Waals surface area contributed by atoms with Gasteiger partial charge in [0.05, 0.1) is 12.8 Å². The Morgan fingerprint density at radius 2 is 2.05 bits per heavy atom. The van der Waals surface area contributed by atoms with E-state index in [1.54, 1.807) is 0 Å². The van der Waals surface area contributed by atoms with Gasteiger partial charge in [0.1, 0.15) is 11.4 Å². The zero-order valence-corrected chi connectivity index (χ0v) is 12.2. The molecular formula is C16H24N2O. The summed E-state index contributed by atoms with van der Waals surface area (Å²) in [5.41, 5.74) is 2.22. The maximum atomic E-state index is 5.82. The minimum absolute atomic E-state index is 0.467. The summed E-state index contributed by atoms with van der Waals surface area (Å²) in [4.78, 5) is 4.41. The molecule has 0 saturated carbocycles. The van der Waals surface area contributed by atoms with Crippen LogP contribution in [-0.2, 0) is 0 Å². The quantitative estimate of drug-likeness (QED) is 0.689. The molecule has 104 valence electrons. The number of pyridine rings is 1. The topological polar surface area (TPSA) is 26.5 Å². The van der Waals surface area contributed by atoms with Crippen LogP contribution in [0.15, 0.2) is 24.5 Å². The molecule has 0 amide bonds. The number of unbranched alkanes of at least 4 members (excludes halogenated alkanes) is 3. The van der Waals surface area contributed by atoms with Crippen molar-refractivity contribution in [1.29, 1.82) is 0 Å². The van der Waals surface area contributed by atoms with Gasteiger partial charge in [-0.25, -0.2) is 4.98 Å². The van der Waals surface area contributed by atoms with Crippen LogP contribution >= 0.6 is 0 Å². The predicted molar refractivity (Wildman–Crippen MR) is 78.9 cm³/mol. The lowest BCUT2D eigenvalue weighted by Crippen LogP contribution is -2.00. The molecule has 2 aromatic heterocycles. The van der Waals surface area contributed by atoms with Crippen molar-refractivity contribution in [2.45, 2.75) is 52.4 Å². The Morgan fingerprint density at radius 3 is 2.79 bits per heavy atom. The summed E-state index contributed by atoms with van der Waals surface area (Å²) in [7, 11) is 0. The third kappa shape index (κ3) is 3.49. The number of nitrogens with zero attached hydrogens (tertiary/aromatic N) is 2. The maximum absolute atomic E-state index is 5.82. The largest absolute Gasteiger partial charge is 0.492 e. The molecule has 19 heavy (non-hydrogen) atoms. The molecule has 0 radical (unpaired) electrons. The van der Waals surface area contributed by atoms with Crippen LogP contribution in [0.25, 0.3) is 5.65 Å². The molecule has 0 aliphatic carbocycles. The molecule has 0 bridgehead atoms. The van der Waals surface area contributed by atoms with Crippen LogP contribution in [0.2, 0.25) is 0 Å². The second-order valence-electron chi connectivity index (χ2n) is 5.34. The summed E-state index contributed by atoms with van der Waals surface area (Å²) in [5.74, 6) is 1.40. The van der Waals surface area contributed by atoms with Gasteiger partial charge in [-0.1, -0.05) is 40.0 Å². The summed E-state index contributed by atoms with van der Waals surface area (Å²) in [6.45, 7) is 7.39. The van der Waals surface area contributed by atoms with Crippen LogP contribution in [0.5, 0.6) is 5.75 Å². The molecule has 3 nitrogen and oxygen atoms in total. The zero-order chi connectivity index (χ0) is 13.7. The number of imidazole rings is 1. The highest BCUT2D eigenvalue weighted by molar-refractivity contribution is 5.44. The maximum Gasteiger partial charge on any atom is 0.137 e. The molecule has 0 N–H and O–H groups in total. The second kappa shape index (κ2) is 6.60. The van der Waals surface area contributed by atoms with Crippen molar-refractivity contribution in [3.63, 3.8) is 0 Å². The van der Waals surface area contributed by atoms with Crippen molar-refractivity contribution in [3.05, 3.63) is 30.2 Å². The molecule has 0 fully saturated rings. The minimum Gasteiger partial charge on any atom is -0.492 e. The van der Waals surface area contributed by atoms with Crippen molar-refractivity contribution < 1.29 is 4.74 Å². The third-order valence-corrected chi connectivity index (χ3v) is 3.37. The van der Waals surface area contributed by atoms with Gasteiger partial charge in [-0.15, -0.1) is 0 Å². The number of fused-ring (bicyclic) bond motifs is 1. The highest BCUT2D eigenvalue weighted by Gasteiger charge is 2.07. The van der Waals surface area contributed by atoms with Crippen molar-refractivity contribution >= 4 is 5.65 Å². The fourth-order valence-corrected chi connectivity index (χ4v) is 2.21. The average molecular weight is 260 g/mol. The van der Waals surface area contributed by atoms with Crippen LogP contribution in [0.3, 0.4) is 0 Å². The average Bonchev–Trinajstić information content (AvgIpc) is 2.81. The fraction of sp³-hybridized carbons (Fsp3) is 0.562. The Hall–Kier alpha value is -1.51. The lowest BCUT2D eigenvalue weighted by Gasteiger charge is -2.09. The molecule has 0 saturated heterocycles. The van der Waals surface area contributed by atoms with Gasteiger partial charge in [0.2, 0.25) is 0 Å². The molecule has 0 aliphatic rings. The van der Waals surface area contributed by atoms with Crippen molar-refractivity contribution in [2.24, 2.45) is 0 Å². The SMILES string of the molecule is CCCCCCOc1ccc2ncc(C(C)C)n2c1. The van der Waals surface area contributed by atoms with Crippen LogP contribution in [-0.4, -0.2) is 16.0 Å². The van der Waals surface area contributed by atoms with E-state index in [1.807, 2.05) is 18.3 Å². The summed E-state index contributed by atoms with van der Waals surface area (Å²) in [6.07, 6.45) is 8.94. The van der Waals surface area contributed by atoms with Gasteiger partial charge in [-0.05, 0) is 24.5 Å². The highest BCUT2D eigenvalue weighted by atomic mass is 16.5. The highest BCUT2D eigenvalue weighted by Crippen LogP contribution is 2.20. The first kappa shape index (κ1) is 13.9. The van der Waals surface area contributed by atoms with E-state index >= 15 is 0 Å². The Labute approximate surface area is 115 Å². The first-order valence-electron chi connectivity index (χ1n) is 7.32. The first-order valence-corrected chi connectivity index (χ1v) is 7.32. The van der Waals surface area contributed by atoms with E-state index in [2.05, 4.69) is 36.4 Å². The van der Waals surface area contributed by atoms with E-state index in [0.717, 1.165) is 24.4 Å². The molecule has 2 rings (SSSR count). The fourth-order valence-electron chi connectivity index (χ4n) is 2.21. The van der Waals surface area contributed by atoms with E-state index in [4.69, 9.17) is 4.74 Å². The van der Waals surface area contributed by atoms with Crippen LogP contribution < -0.4 is 4.74 Å². The molecule has 2 aromatic rings. The van der Waals surface area contributed by atoms with Gasteiger partial charge < -0.3 is 9.14 Å². The Balaban J connectivity index is 2.01. The van der Waals surface area contributed by atoms with Gasteiger partial charge in [-0.2, -0.15) is 0 Å². The summed E-state index contributed by atoms with van der Waals surface area (Å²) in [6, 6.07) is 4.03. The van der Waals surface area contributed by atoms with Gasteiger partial charge in [0.15, 0.2) is 0 Å². The number of hydrogen-bond acceptors (Lipinski definition) is 2. The number of hydrogen-bond donors (Lipinski definition) is 0. The number of ether oxygens (including phenoxy) is 1. The third-order valence-electron chi connectivity index (χ3n) is 3.37. The lowest BCUT2D eigenvalue weighted by atomic mass is 10.1. The van der Waals surface area contributed by atoms with Gasteiger partial charge in [0, 0.05) is 11.9 Å². The minimum atomic E-state index is 0.467. The molecule has 0 spiro atoms. The van der Waals surface area contributed by atoms with Crippen molar-refractivity contribution in [3.8, 4) is 5.75 Å². The molecule has 0 atom stereocenters. The lowest BCUT2D eigenvalue weighted by molar-refractivity contribution is 0.303. The smallest absolute Gasteiger partial charge is 0.137 e. The Kier molecular flexibility index (Phi) is 4.83. The normalized spacial score (nSPS) is 11.4. The Bertz CT molecular complexity index is 516. The molecule has 2 heterocycles. The number of aromatic nitrogens is 2. The van der Waals surface area contributed by atoms with Gasteiger partial charge in [-0.3, -0.25) is 0 Å². The predicted octanol–water partition coefficient (Wildman–Crippen LogP) is 4.42. The van der Waals surface area contributed by atoms with Crippen LogP contribution in [0, 0.1) is 0 Å². The summed E-state index contributed by atoms with van der Waals surface area (Å²) >= 11 is 0. The molecule has 0 aliphatic heterocycles. The van der Waals surface area contributed by atoms with Gasteiger partial charge in [0.25, 0.3) is 0 Å². The van der Waals surface area contributed by atoms with E-state index in [1.165, 1.54) is 25.0 Å². The number of rotatable bonds is 7. The Morgan fingerprint density at radius 1 is 1.21 bits per heavy atom. The van der Waals surface area contributed by atoms with Crippen LogP contribution in [0.1, 0.15) is 58.1 Å². The second-order valence-corrected chi connectivity index (χ2v) is 5.34. The summed E-state index contributed by atoms with van der Waals surface area (Å²) in [5, 5.41) is 0. The summed E-state index contributed by atoms with van der Waals surface area (Å²) < 4.78 is 7.95. The van der Waals surface area contributed by atoms with E-state index in [0.29, 0.717) is 5.92 Å². The van der Waals surface area contributed by atoms with E-state index in [9.17, 15) is 0 Å². The van der Waals surface area contributed by atoms with E-state index in [-0.39, 0.29) is 0 Å². The zero-order valence-electron chi connectivity index (χ0n) is 12.2. The van der Waals surface area contributed by atoms with Crippen molar-refractivity contribution in [1.82, 2.24) is 9.38 Å². The van der Waals surface area contributed by atoms with Crippen molar-refractivity contribution in [2.75, 3.05) is 6.61 Å². The van der Waals surface area contributed by atoms with Gasteiger partial charge >= 0.3 is 0 Å². The molecule has 0 aromatic carbocycles. The monoisotopic (exact) mass is 260 g/mol. The molecule has 0 unspecified atom stereocenters. The molecular weight excluding hydrogens is 236 g/mol. The standard InChI is InChI=1S/C16H24N2O/c1-4-5-6-7-10-19-14-8-9-16-17-11-15(13(2)3)18(16)12-14/h8-9,11-13H,4-7,10H2,1-3H3. The van der Waals surface area contributed by atoms with Crippen LogP contribution in [0.4, 0.5) is 0 Å².